The van der Waals surface area contributed by atoms with Gasteiger partial charge in [-0.3, -0.25) is 4.98 Å². The molecule has 1 aliphatic rings. The maximum absolute atomic E-state index is 4.37. The Morgan fingerprint density at radius 1 is 1.30 bits per heavy atom. The average Bonchev–Trinajstić information content (AvgIpc) is 2.48. The lowest BCUT2D eigenvalue weighted by Gasteiger charge is -2.28. The number of piperidine rings is 1. The molecule has 0 spiro atoms. The summed E-state index contributed by atoms with van der Waals surface area (Å²) >= 11 is 0. The number of benzene rings is 1. The summed E-state index contributed by atoms with van der Waals surface area (Å²) in [6, 6.07) is 11.4. The van der Waals surface area contributed by atoms with Crippen LogP contribution in [0.3, 0.4) is 0 Å². The van der Waals surface area contributed by atoms with E-state index in [9.17, 15) is 0 Å². The largest absolute Gasteiger partial charge is 0.313 e. The van der Waals surface area contributed by atoms with Gasteiger partial charge in [0.2, 0.25) is 0 Å². The van der Waals surface area contributed by atoms with E-state index in [1.165, 1.54) is 36.8 Å². The fourth-order valence-corrected chi connectivity index (χ4v) is 3.06. The molecule has 1 aromatic heterocycles. The number of nitrogens with zero attached hydrogens (tertiary/aromatic N) is 2. The molecule has 106 valence electrons. The van der Waals surface area contributed by atoms with Gasteiger partial charge < -0.3 is 10.2 Å². The van der Waals surface area contributed by atoms with Crippen LogP contribution in [0.5, 0.6) is 0 Å². The number of rotatable bonds is 4. The monoisotopic (exact) mass is 269 g/mol. The number of pyridine rings is 1. The van der Waals surface area contributed by atoms with Crippen LogP contribution in [-0.2, 0) is 6.54 Å². The summed E-state index contributed by atoms with van der Waals surface area (Å²) in [5.74, 6) is 0. The van der Waals surface area contributed by atoms with Crippen molar-refractivity contribution in [3.8, 4) is 0 Å². The number of aromatic nitrogens is 1. The van der Waals surface area contributed by atoms with Crippen molar-refractivity contribution in [2.45, 2.75) is 31.8 Å². The Morgan fingerprint density at radius 3 is 3.10 bits per heavy atom. The van der Waals surface area contributed by atoms with Crippen LogP contribution in [0.1, 0.15) is 24.8 Å². The van der Waals surface area contributed by atoms with E-state index >= 15 is 0 Å². The highest BCUT2D eigenvalue weighted by Gasteiger charge is 2.14. The second kappa shape index (κ2) is 6.33. The molecule has 2 aromatic rings. The Bertz CT molecular complexity index is 561. The third-order valence-corrected chi connectivity index (χ3v) is 4.06. The molecule has 3 rings (SSSR count). The Morgan fingerprint density at radius 2 is 2.25 bits per heavy atom. The molecule has 1 aliphatic heterocycles. The first-order valence-electron chi connectivity index (χ1n) is 7.57. The van der Waals surface area contributed by atoms with E-state index in [0.29, 0.717) is 6.04 Å². The van der Waals surface area contributed by atoms with Crippen LogP contribution in [0.25, 0.3) is 10.9 Å². The molecular weight excluding hydrogens is 246 g/mol. The fraction of sp³-hybridized carbons (Fsp3) is 0.471. The quantitative estimate of drug-likeness (QED) is 0.925. The standard InChI is InChI=1S/C17H23N3/c1-20(13-16-6-2-3-9-18-16)12-14-7-8-17-15(11-14)5-4-10-19-17/h4-5,7-8,10-11,16,18H,2-3,6,9,12-13H2,1H3. The Hall–Kier alpha value is -1.45. The van der Waals surface area contributed by atoms with E-state index in [-0.39, 0.29) is 0 Å². The predicted molar refractivity (Wildman–Crippen MR) is 83.7 cm³/mol. The molecule has 1 saturated heterocycles. The third kappa shape index (κ3) is 3.35. The SMILES string of the molecule is CN(Cc1ccc2ncccc2c1)CC1CCCCN1. The molecule has 0 saturated carbocycles. The zero-order valence-corrected chi connectivity index (χ0v) is 12.2. The van der Waals surface area contributed by atoms with E-state index in [4.69, 9.17) is 0 Å². The van der Waals surface area contributed by atoms with Crippen LogP contribution in [0.4, 0.5) is 0 Å². The lowest BCUT2D eigenvalue weighted by Crippen LogP contribution is -2.42. The summed E-state index contributed by atoms with van der Waals surface area (Å²) in [5.41, 5.74) is 2.44. The summed E-state index contributed by atoms with van der Waals surface area (Å²) in [7, 11) is 2.21. The lowest BCUT2D eigenvalue weighted by atomic mass is 10.0. The van der Waals surface area contributed by atoms with Crippen LogP contribution in [0.2, 0.25) is 0 Å². The molecule has 1 fully saturated rings. The normalized spacial score (nSPS) is 19.6. The van der Waals surface area contributed by atoms with Gasteiger partial charge in [-0.2, -0.15) is 0 Å². The second-order valence-corrected chi connectivity index (χ2v) is 5.87. The molecule has 0 bridgehead atoms. The zero-order chi connectivity index (χ0) is 13.8. The van der Waals surface area contributed by atoms with Crippen LogP contribution < -0.4 is 5.32 Å². The van der Waals surface area contributed by atoms with Crippen LogP contribution >= 0.6 is 0 Å². The number of hydrogen-bond donors (Lipinski definition) is 1. The molecule has 3 heteroatoms. The molecule has 1 aromatic carbocycles. The van der Waals surface area contributed by atoms with E-state index in [2.05, 4.69) is 46.5 Å². The van der Waals surface area contributed by atoms with Crippen LogP contribution in [0, 0.1) is 0 Å². The third-order valence-electron chi connectivity index (χ3n) is 4.06. The number of fused-ring (bicyclic) bond motifs is 1. The molecule has 1 unspecified atom stereocenters. The van der Waals surface area contributed by atoms with Gasteiger partial charge in [0.1, 0.15) is 0 Å². The molecule has 2 heterocycles. The second-order valence-electron chi connectivity index (χ2n) is 5.87. The van der Waals surface area contributed by atoms with Crippen molar-refractivity contribution in [1.82, 2.24) is 15.2 Å². The van der Waals surface area contributed by atoms with Crippen molar-refractivity contribution in [1.29, 1.82) is 0 Å². The van der Waals surface area contributed by atoms with Gasteiger partial charge in [-0.15, -0.1) is 0 Å². The van der Waals surface area contributed by atoms with Crippen molar-refractivity contribution < 1.29 is 0 Å². The van der Waals surface area contributed by atoms with E-state index in [1.807, 2.05) is 12.3 Å². The fourth-order valence-electron chi connectivity index (χ4n) is 3.06. The van der Waals surface area contributed by atoms with Crippen molar-refractivity contribution in [2.24, 2.45) is 0 Å². The predicted octanol–water partition coefficient (Wildman–Crippen LogP) is 2.81. The highest BCUT2D eigenvalue weighted by molar-refractivity contribution is 5.78. The lowest BCUT2D eigenvalue weighted by molar-refractivity contribution is 0.256. The summed E-state index contributed by atoms with van der Waals surface area (Å²) in [5, 5.41) is 4.84. The first-order valence-corrected chi connectivity index (χ1v) is 7.57. The molecule has 1 N–H and O–H groups in total. The molecule has 0 radical (unpaired) electrons. The maximum Gasteiger partial charge on any atom is 0.0702 e. The van der Waals surface area contributed by atoms with Crippen molar-refractivity contribution in [3.63, 3.8) is 0 Å². The average molecular weight is 269 g/mol. The summed E-state index contributed by atoms with van der Waals surface area (Å²) < 4.78 is 0. The molecule has 20 heavy (non-hydrogen) atoms. The molecule has 0 amide bonds. The smallest absolute Gasteiger partial charge is 0.0702 e. The number of nitrogens with one attached hydrogen (secondary N) is 1. The Balaban J connectivity index is 1.62. The van der Waals surface area contributed by atoms with Gasteiger partial charge in [-0.1, -0.05) is 18.6 Å². The van der Waals surface area contributed by atoms with Crippen molar-refractivity contribution >= 4 is 10.9 Å². The minimum Gasteiger partial charge on any atom is -0.313 e. The van der Waals surface area contributed by atoms with Crippen LogP contribution in [0.15, 0.2) is 36.5 Å². The molecule has 3 nitrogen and oxygen atoms in total. The summed E-state index contributed by atoms with van der Waals surface area (Å²) in [6.45, 7) is 3.31. The van der Waals surface area contributed by atoms with Gasteiger partial charge in [0.25, 0.3) is 0 Å². The van der Waals surface area contributed by atoms with Gasteiger partial charge in [0, 0.05) is 30.7 Å². The zero-order valence-electron chi connectivity index (χ0n) is 12.2. The van der Waals surface area contributed by atoms with Crippen LogP contribution in [-0.4, -0.2) is 36.1 Å². The van der Waals surface area contributed by atoms with E-state index in [1.54, 1.807) is 0 Å². The first-order chi connectivity index (χ1) is 9.81. The van der Waals surface area contributed by atoms with Gasteiger partial charge in [-0.25, -0.2) is 0 Å². The molecule has 1 atom stereocenters. The molecular formula is C17H23N3. The minimum absolute atomic E-state index is 0.663. The van der Waals surface area contributed by atoms with Crippen molar-refractivity contribution in [3.05, 3.63) is 42.1 Å². The number of hydrogen-bond acceptors (Lipinski definition) is 3. The Kier molecular flexibility index (Phi) is 4.28. The topological polar surface area (TPSA) is 28.2 Å². The van der Waals surface area contributed by atoms with E-state index < -0.39 is 0 Å². The maximum atomic E-state index is 4.37. The van der Waals surface area contributed by atoms with E-state index in [0.717, 1.165) is 18.6 Å². The Labute approximate surface area is 121 Å². The number of likely N-dealkylation sites (N-methyl/N-ethyl adjacent to an activating group) is 1. The van der Waals surface area contributed by atoms with Gasteiger partial charge >= 0.3 is 0 Å². The van der Waals surface area contributed by atoms with Crippen molar-refractivity contribution in [2.75, 3.05) is 20.1 Å². The summed E-state index contributed by atoms with van der Waals surface area (Å²) in [6.07, 6.45) is 5.86. The highest BCUT2D eigenvalue weighted by atomic mass is 15.1. The highest BCUT2D eigenvalue weighted by Crippen LogP contribution is 2.15. The first kappa shape index (κ1) is 13.5. The summed E-state index contributed by atoms with van der Waals surface area (Å²) in [4.78, 5) is 6.79. The van der Waals surface area contributed by atoms with Gasteiger partial charge in [0.05, 0.1) is 5.52 Å². The minimum atomic E-state index is 0.663. The molecule has 0 aliphatic carbocycles. The van der Waals surface area contributed by atoms with Gasteiger partial charge in [-0.05, 0) is 50.2 Å². The van der Waals surface area contributed by atoms with Gasteiger partial charge in [0.15, 0.2) is 0 Å².